The quantitative estimate of drug-likeness (QED) is 0.161. The van der Waals surface area contributed by atoms with Gasteiger partial charge in [0.1, 0.15) is 23.4 Å². The molecule has 0 unspecified atom stereocenters. The average Bonchev–Trinajstić information content (AvgIpc) is 3.49. The summed E-state index contributed by atoms with van der Waals surface area (Å²) < 4.78 is 14.1. The first-order chi connectivity index (χ1) is 28.0. The molecule has 2 saturated heterocycles. The van der Waals surface area contributed by atoms with Crippen molar-refractivity contribution in [2.75, 3.05) is 44.2 Å². The van der Waals surface area contributed by atoms with Gasteiger partial charge in [-0.1, -0.05) is 39.8 Å². The largest absolute Gasteiger partial charge is 0.508 e. The number of piperazine rings is 1. The van der Waals surface area contributed by atoms with Crippen LogP contribution in [0, 0.1) is 5.41 Å². The number of fused-ring (bicyclic) bond motifs is 6. The number of benzene rings is 2. The number of nitrogens with zero attached hydrogens (tertiary/aromatic N) is 4. The maximum Gasteiger partial charge on any atom is 0.408 e. The van der Waals surface area contributed by atoms with Crippen molar-refractivity contribution in [2.24, 2.45) is 5.41 Å². The van der Waals surface area contributed by atoms with Gasteiger partial charge >= 0.3 is 12.1 Å². The molecule has 59 heavy (non-hydrogen) atoms. The van der Waals surface area contributed by atoms with Crippen molar-refractivity contribution in [1.29, 1.82) is 0 Å². The fourth-order valence-electron chi connectivity index (χ4n) is 8.67. The van der Waals surface area contributed by atoms with E-state index in [-0.39, 0.29) is 24.7 Å². The van der Waals surface area contributed by atoms with Crippen molar-refractivity contribution in [3.05, 3.63) is 65.5 Å². The lowest BCUT2D eigenvalue weighted by Crippen LogP contribution is -2.60. The van der Waals surface area contributed by atoms with E-state index in [0.29, 0.717) is 31.4 Å². The van der Waals surface area contributed by atoms with Crippen LogP contribution in [0.2, 0.25) is 0 Å². The second kappa shape index (κ2) is 16.8. The van der Waals surface area contributed by atoms with E-state index in [1.165, 1.54) is 5.01 Å². The number of pyridine rings is 1. The van der Waals surface area contributed by atoms with Crippen LogP contribution in [-0.2, 0) is 38.4 Å². The molecule has 0 radical (unpaired) electrons. The van der Waals surface area contributed by atoms with E-state index in [1.54, 1.807) is 32.9 Å². The number of anilines is 1. The minimum atomic E-state index is -1.06. The van der Waals surface area contributed by atoms with E-state index in [0.717, 1.165) is 83.0 Å². The van der Waals surface area contributed by atoms with E-state index in [2.05, 4.69) is 84.4 Å². The first-order valence-corrected chi connectivity index (χ1v) is 21.2. The number of aryl methyl sites for hydroxylation is 1. The summed E-state index contributed by atoms with van der Waals surface area (Å²) in [6.45, 7) is 20.9. The van der Waals surface area contributed by atoms with Crippen LogP contribution >= 0.6 is 0 Å². The molecule has 6 bridgehead atoms. The molecule has 4 aromatic rings. The lowest BCUT2D eigenvalue weighted by molar-refractivity contribution is -0.155. The second-order valence-corrected chi connectivity index (χ2v) is 18.4. The van der Waals surface area contributed by atoms with Crippen LogP contribution in [0.4, 0.5) is 10.5 Å². The summed E-state index contributed by atoms with van der Waals surface area (Å²) >= 11 is 0. The maximum atomic E-state index is 14.2. The SMILES string of the molecule is CCn1c(-c2cc(N3CCNCC3)cnc2C(C)C)c2c3cc(ccc31)-c1cc(O)cc(c1)C[C@H](NC(=O)OC(C)(C)C)C(=O)N1CCC[C@H](N1)C(=O)OCC(C)(C)C2. The normalized spacial score (nSPS) is 20.4. The molecule has 2 fully saturated rings. The van der Waals surface area contributed by atoms with Crippen molar-refractivity contribution in [1.82, 2.24) is 30.6 Å². The van der Waals surface area contributed by atoms with Crippen molar-refractivity contribution >= 4 is 34.6 Å². The summed E-state index contributed by atoms with van der Waals surface area (Å²) in [5.41, 5.74) is 10.7. The number of alkyl carbamates (subject to hydrolysis) is 1. The number of aromatic hydroxyl groups is 1. The van der Waals surface area contributed by atoms with E-state index in [1.807, 2.05) is 12.3 Å². The minimum Gasteiger partial charge on any atom is -0.508 e. The maximum absolute atomic E-state index is 14.2. The zero-order valence-electron chi connectivity index (χ0n) is 35.9. The Labute approximate surface area is 347 Å². The third-order valence-electron chi connectivity index (χ3n) is 11.4. The predicted octanol–water partition coefficient (Wildman–Crippen LogP) is 6.69. The Bertz CT molecular complexity index is 2220. The van der Waals surface area contributed by atoms with Gasteiger partial charge in [-0.05, 0) is 105 Å². The molecule has 316 valence electrons. The summed E-state index contributed by atoms with van der Waals surface area (Å²) in [4.78, 5) is 48.7. The second-order valence-electron chi connectivity index (χ2n) is 18.4. The zero-order chi connectivity index (χ0) is 42.2. The van der Waals surface area contributed by atoms with Crippen LogP contribution in [0.5, 0.6) is 5.75 Å². The van der Waals surface area contributed by atoms with Gasteiger partial charge in [-0.3, -0.25) is 19.6 Å². The van der Waals surface area contributed by atoms with Gasteiger partial charge in [-0.2, -0.15) is 0 Å². The van der Waals surface area contributed by atoms with Gasteiger partial charge in [0.2, 0.25) is 0 Å². The first kappa shape index (κ1) is 42.0. The Balaban J connectivity index is 1.41. The molecule has 2 atom stereocenters. The number of phenolic OH excluding ortho intramolecular Hbond substituents is 1. The Morgan fingerprint density at radius 2 is 1.83 bits per heavy atom. The summed E-state index contributed by atoms with van der Waals surface area (Å²) in [7, 11) is 0. The van der Waals surface area contributed by atoms with Crippen LogP contribution in [0.15, 0.2) is 48.7 Å². The van der Waals surface area contributed by atoms with Crippen molar-refractivity contribution in [3.63, 3.8) is 0 Å². The Hall–Kier alpha value is -5.14. The van der Waals surface area contributed by atoms with Gasteiger partial charge in [-0.25, -0.2) is 10.2 Å². The number of carbonyl (C=O) groups is 3. The third-order valence-corrected chi connectivity index (χ3v) is 11.4. The standard InChI is InChI=1S/C46H61N7O6/c1-9-52-39-13-12-30-23-34(39)36(41(52)35-24-32(26-48-40(35)28(2)3)51-17-14-47-15-18-51)25-46(7,8)27-58-43(56)37-11-10-16-53(50-37)42(55)38(49-44(57)59-45(4,5)6)21-29-19-31(30)22-33(54)20-29/h12-13,19-20,22-24,26,28,37-38,47,50,54H,9-11,14-18,21,25,27H2,1-8H3,(H,49,57)/t37-,38-/m0/s1. The summed E-state index contributed by atoms with van der Waals surface area (Å²) in [6.07, 6.45) is 3.01. The molecule has 0 spiro atoms. The van der Waals surface area contributed by atoms with E-state index >= 15 is 0 Å². The van der Waals surface area contributed by atoms with Gasteiger partial charge in [0.15, 0.2) is 0 Å². The average molecular weight is 808 g/mol. The highest BCUT2D eigenvalue weighted by Crippen LogP contribution is 2.43. The Morgan fingerprint density at radius 1 is 1.07 bits per heavy atom. The van der Waals surface area contributed by atoms with Crippen LogP contribution < -0.4 is 21.0 Å². The molecule has 2 aromatic heterocycles. The first-order valence-electron chi connectivity index (χ1n) is 21.2. The van der Waals surface area contributed by atoms with E-state index in [4.69, 9.17) is 14.5 Å². The number of ether oxygens (including phenoxy) is 2. The molecule has 3 aliphatic heterocycles. The van der Waals surface area contributed by atoms with Gasteiger partial charge in [0.05, 0.1) is 29.9 Å². The molecule has 2 amide bonds. The number of hydrogen-bond acceptors (Lipinski definition) is 10. The van der Waals surface area contributed by atoms with Crippen molar-refractivity contribution in [2.45, 2.75) is 111 Å². The number of hydrogen-bond donors (Lipinski definition) is 4. The van der Waals surface area contributed by atoms with Gasteiger partial charge in [0, 0.05) is 67.6 Å². The summed E-state index contributed by atoms with van der Waals surface area (Å²) in [6, 6.07) is 12.2. The monoisotopic (exact) mass is 807 g/mol. The molecule has 4 N–H and O–H groups in total. The highest BCUT2D eigenvalue weighted by molar-refractivity contribution is 5.96. The summed E-state index contributed by atoms with van der Waals surface area (Å²) in [5, 5.41) is 19.9. The molecule has 13 heteroatoms. The number of aromatic nitrogens is 2. The number of cyclic esters (lactones) is 1. The molecule has 7 rings (SSSR count). The van der Waals surface area contributed by atoms with Gasteiger partial charge < -0.3 is 34.7 Å². The molecule has 5 heterocycles. The van der Waals surface area contributed by atoms with Crippen molar-refractivity contribution < 1.29 is 29.0 Å². The number of esters is 1. The lowest BCUT2D eigenvalue weighted by atomic mass is 9.83. The van der Waals surface area contributed by atoms with Crippen LogP contribution in [0.3, 0.4) is 0 Å². The molecular weight excluding hydrogens is 747 g/mol. The molecule has 0 aliphatic carbocycles. The number of hydrazine groups is 1. The van der Waals surface area contributed by atoms with Gasteiger partial charge in [-0.15, -0.1) is 0 Å². The molecule has 3 aliphatic rings. The minimum absolute atomic E-state index is 0.0416. The highest BCUT2D eigenvalue weighted by atomic mass is 16.6. The number of carbonyl (C=O) groups excluding carboxylic acids is 3. The number of phenols is 1. The predicted molar refractivity (Wildman–Crippen MR) is 230 cm³/mol. The molecule has 13 nitrogen and oxygen atoms in total. The third kappa shape index (κ3) is 9.36. The fourth-order valence-corrected chi connectivity index (χ4v) is 8.67. The molecule has 0 saturated carbocycles. The summed E-state index contributed by atoms with van der Waals surface area (Å²) in [5.74, 6) is -0.648. The van der Waals surface area contributed by atoms with Crippen molar-refractivity contribution in [3.8, 4) is 28.1 Å². The van der Waals surface area contributed by atoms with E-state index in [9.17, 15) is 19.5 Å². The Kier molecular flexibility index (Phi) is 12.0. The fraction of sp³-hybridized carbons (Fsp3) is 0.522. The molecular formula is C46H61N7O6. The Morgan fingerprint density at radius 3 is 2.54 bits per heavy atom. The zero-order valence-corrected chi connectivity index (χ0v) is 35.9. The van der Waals surface area contributed by atoms with E-state index < -0.39 is 41.1 Å². The number of amides is 2. The lowest BCUT2D eigenvalue weighted by Gasteiger charge is -2.35. The molecule has 2 aromatic carbocycles. The topological polar surface area (TPSA) is 150 Å². The number of rotatable bonds is 5. The highest BCUT2D eigenvalue weighted by Gasteiger charge is 2.36. The van der Waals surface area contributed by atoms with Crippen LogP contribution in [-0.4, -0.2) is 94.7 Å². The van der Waals surface area contributed by atoms with Gasteiger partial charge in [0.25, 0.3) is 5.91 Å². The van der Waals surface area contributed by atoms with Crippen LogP contribution in [0.25, 0.3) is 33.3 Å². The number of nitrogens with one attached hydrogen (secondary N) is 3. The smallest absolute Gasteiger partial charge is 0.408 e. The van der Waals surface area contributed by atoms with Crippen LogP contribution in [0.1, 0.15) is 91.0 Å².